The summed E-state index contributed by atoms with van der Waals surface area (Å²) in [6, 6.07) is 0. The maximum atomic E-state index is 10.9. The van der Waals surface area contributed by atoms with E-state index in [-0.39, 0.29) is 12.1 Å². The number of rotatable bonds is 5. The lowest BCUT2D eigenvalue weighted by Gasteiger charge is -2.14. The van der Waals surface area contributed by atoms with Gasteiger partial charge >= 0.3 is 7.60 Å². The first-order valence-electron chi connectivity index (χ1n) is 3.79. The van der Waals surface area contributed by atoms with Gasteiger partial charge in [-0.3, -0.25) is 9.36 Å². The van der Waals surface area contributed by atoms with E-state index < -0.39 is 7.60 Å². The minimum Gasteiger partial charge on any atom is -0.342 e. The fraction of sp³-hybridized carbons (Fsp3) is 0.571. The second kappa shape index (κ2) is 5.17. The largest absolute Gasteiger partial charge is 0.342 e. The molecule has 0 heterocycles. The Hall–Kier alpha value is -0.640. The van der Waals surface area contributed by atoms with Gasteiger partial charge in [0.2, 0.25) is 5.91 Å². The number of amides is 1. The average Bonchev–Trinajstić information content (AvgIpc) is 2.00. The summed E-state index contributed by atoms with van der Waals surface area (Å²) in [5.74, 6) is -0.245. The molecule has 0 radical (unpaired) electrons. The molecule has 6 heteroatoms. The van der Waals surface area contributed by atoms with Gasteiger partial charge in [-0.15, -0.1) is 0 Å². The molecule has 0 aromatic heterocycles. The van der Waals surface area contributed by atoms with Crippen LogP contribution in [0, 0.1) is 0 Å². The molecule has 0 unspecified atom stereocenters. The molecule has 5 nitrogen and oxygen atoms in total. The van der Waals surface area contributed by atoms with E-state index in [2.05, 4.69) is 6.58 Å². The first-order valence-corrected chi connectivity index (χ1v) is 5.58. The lowest BCUT2D eigenvalue weighted by atomic mass is 10.4. The standard InChI is InChI=1S/C7H14NO4P/c1-3-7(9)8(2)5-4-6-13(10,11)12/h3H,1,4-6H2,2H3,(H2,10,11,12). The molecule has 0 rings (SSSR count). The molecule has 0 aromatic rings. The average molecular weight is 207 g/mol. The lowest BCUT2D eigenvalue weighted by Crippen LogP contribution is -2.26. The predicted octanol–water partition coefficient (Wildman–Crippen LogP) is 0.199. The summed E-state index contributed by atoms with van der Waals surface area (Å²) < 4.78 is 10.4. The third kappa shape index (κ3) is 6.51. The molecule has 0 bridgehead atoms. The van der Waals surface area contributed by atoms with Crippen LogP contribution in [0.4, 0.5) is 0 Å². The zero-order valence-corrected chi connectivity index (χ0v) is 8.41. The van der Waals surface area contributed by atoms with E-state index in [1.165, 1.54) is 4.90 Å². The van der Waals surface area contributed by atoms with Crippen molar-refractivity contribution < 1.29 is 19.1 Å². The molecule has 76 valence electrons. The van der Waals surface area contributed by atoms with Gasteiger partial charge in [0.25, 0.3) is 0 Å². The lowest BCUT2D eigenvalue weighted by molar-refractivity contribution is -0.124. The van der Waals surface area contributed by atoms with Gasteiger partial charge in [0.05, 0.1) is 6.16 Å². The quantitative estimate of drug-likeness (QED) is 0.498. The molecule has 0 spiro atoms. The number of hydrogen-bond acceptors (Lipinski definition) is 2. The Morgan fingerprint density at radius 1 is 1.62 bits per heavy atom. The van der Waals surface area contributed by atoms with Crippen molar-refractivity contribution in [1.82, 2.24) is 4.90 Å². The Morgan fingerprint density at radius 3 is 2.54 bits per heavy atom. The van der Waals surface area contributed by atoms with Crippen LogP contribution in [0.2, 0.25) is 0 Å². The van der Waals surface area contributed by atoms with E-state index in [4.69, 9.17) is 9.79 Å². The summed E-state index contributed by atoms with van der Waals surface area (Å²) in [6.45, 7) is 3.62. The van der Waals surface area contributed by atoms with E-state index in [0.29, 0.717) is 13.0 Å². The van der Waals surface area contributed by atoms with Crippen LogP contribution in [0.15, 0.2) is 12.7 Å². The first kappa shape index (κ1) is 12.4. The van der Waals surface area contributed by atoms with Gasteiger partial charge in [0.15, 0.2) is 0 Å². The number of hydrogen-bond donors (Lipinski definition) is 2. The monoisotopic (exact) mass is 207 g/mol. The molecule has 0 aromatic carbocycles. The molecule has 0 atom stereocenters. The predicted molar refractivity (Wildman–Crippen MR) is 49.4 cm³/mol. The van der Waals surface area contributed by atoms with Crippen LogP contribution < -0.4 is 0 Å². The molecule has 0 saturated heterocycles. The van der Waals surface area contributed by atoms with Crippen molar-refractivity contribution in [2.24, 2.45) is 0 Å². The zero-order valence-electron chi connectivity index (χ0n) is 7.51. The van der Waals surface area contributed by atoms with Crippen LogP contribution >= 0.6 is 7.60 Å². The Balaban J connectivity index is 3.72. The Morgan fingerprint density at radius 2 is 2.15 bits per heavy atom. The van der Waals surface area contributed by atoms with Crippen molar-refractivity contribution >= 4 is 13.5 Å². The van der Waals surface area contributed by atoms with Crippen molar-refractivity contribution in [3.8, 4) is 0 Å². The minimum atomic E-state index is -3.92. The second-order valence-electron chi connectivity index (χ2n) is 2.71. The SMILES string of the molecule is C=CC(=O)N(C)CCCP(=O)(O)O. The number of likely N-dealkylation sites (N-methyl/N-ethyl adjacent to an activating group) is 1. The summed E-state index contributed by atoms with van der Waals surface area (Å²) in [4.78, 5) is 29.3. The third-order valence-electron chi connectivity index (χ3n) is 1.49. The van der Waals surface area contributed by atoms with E-state index in [1.54, 1.807) is 7.05 Å². The number of nitrogens with zero attached hydrogens (tertiary/aromatic N) is 1. The van der Waals surface area contributed by atoms with Gasteiger partial charge in [-0.1, -0.05) is 6.58 Å². The third-order valence-corrected chi connectivity index (χ3v) is 2.39. The summed E-state index contributed by atoms with van der Waals surface area (Å²) in [7, 11) is -2.37. The number of carbonyl (C=O) groups excluding carboxylic acids is 1. The number of carbonyl (C=O) groups is 1. The van der Waals surface area contributed by atoms with Crippen molar-refractivity contribution in [2.45, 2.75) is 6.42 Å². The van der Waals surface area contributed by atoms with E-state index in [1.807, 2.05) is 0 Å². The van der Waals surface area contributed by atoms with E-state index >= 15 is 0 Å². The van der Waals surface area contributed by atoms with Gasteiger partial charge in [-0.2, -0.15) is 0 Å². The van der Waals surface area contributed by atoms with E-state index in [0.717, 1.165) is 6.08 Å². The summed E-state index contributed by atoms with van der Waals surface area (Å²) in [5.41, 5.74) is 0. The van der Waals surface area contributed by atoms with Gasteiger partial charge < -0.3 is 14.7 Å². The fourth-order valence-electron chi connectivity index (χ4n) is 0.780. The molecule has 0 fully saturated rings. The van der Waals surface area contributed by atoms with E-state index in [9.17, 15) is 9.36 Å². The molecule has 0 saturated carbocycles. The van der Waals surface area contributed by atoms with Crippen molar-refractivity contribution in [1.29, 1.82) is 0 Å². The Kier molecular flexibility index (Phi) is 4.91. The Bertz CT molecular complexity index is 235. The molecule has 0 aliphatic heterocycles. The normalized spacial score (nSPS) is 11.0. The van der Waals surface area contributed by atoms with Gasteiger partial charge in [0.1, 0.15) is 0 Å². The smallest absolute Gasteiger partial charge is 0.325 e. The highest BCUT2D eigenvalue weighted by molar-refractivity contribution is 7.51. The molecule has 0 aliphatic rings. The fourth-order valence-corrected chi connectivity index (χ4v) is 1.33. The van der Waals surface area contributed by atoms with Crippen LogP contribution in [-0.4, -0.2) is 40.3 Å². The summed E-state index contributed by atoms with van der Waals surface area (Å²) in [5, 5.41) is 0. The van der Waals surface area contributed by atoms with Crippen LogP contribution in [0.25, 0.3) is 0 Å². The van der Waals surface area contributed by atoms with Crippen LogP contribution in [0.3, 0.4) is 0 Å². The molecular formula is C7H14NO4P. The van der Waals surface area contributed by atoms with Gasteiger partial charge in [0, 0.05) is 13.6 Å². The van der Waals surface area contributed by atoms with Gasteiger partial charge in [-0.25, -0.2) is 0 Å². The molecule has 1 amide bonds. The summed E-state index contributed by atoms with van der Waals surface area (Å²) in [6.07, 6.45) is 1.26. The minimum absolute atomic E-state index is 0.193. The van der Waals surface area contributed by atoms with Crippen LogP contribution in [0.5, 0.6) is 0 Å². The van der Waals surface area contributed by atoms with Crippen LogP contribution in [0.1, 0.15) is 6.42 Å². The molecule has 0 aliphatic carbocycles. The summed E-state index contributed by atoms with van der Waals surface area (Å²) >= 11 is 0. The van der Waals surface area contributed by atoms with Crippen molar-refractivity contribution in [3.05, 3.63) is 12.7 Å². The van der Waals surface area contributed by atoms with Gasteiger partial charge in [-0.05, 0) is 12.5 Å². The molecular weight excluding hydrogens is 193 g/mol. The maximum Gasteiger partial charge on any atom is 0.325 e. The van der Waals surface area contributed by atoms with Crippen molar-refractivity contribution in [2.75, 3.05) is 19.8 Å². The Labute approximate surface area is 77.2 Å². The maximum absolute atomic E-state index is 10.9. The van der Waals surface area contributed by atoms with Crippen molar-refractivity contribution in [3.63, 3.8) is 0 Å². The molecule has 2 N–H and O–H groups in total. The highest BCUT2D eigenvalue weighted by atomic mass is 31.2. The first-order chi connectivity index (χ1) is 5.87. The van der Waals surface area contributed by atoms with Crippen LogP contribution in [-0.2, 0) is 9.36 Å². The second-order valence-corrected chi connectivity index (χ2v) is 4.48. The highest BCUT2D eigenvalue weighted by Gasteiger charge is 2.13. The molecule has 13 heavy (non-hydrogen) atoms. The zero-order chi connectivity index (χ0) is 10.5. The highest BCUT2D eigenvalue weighted by Crippen LogP contribution is 2.34. The topological polar surface area (TPSA) is 77.8 Å².